The van der Waals surface area contributed by atoms with E-state index in [0.29, 0.717) is 12.8 Å². The Labute approximate surface area is 103 Å². The first kappa shape index (κ1) is 12.6. The van der Waals surface area contributed by atoms with Crippen molar-refractivity contribution in [2.75, 3.05) is 6.54 Å². The normalized spacial score (nSPS) is 17.8. The minimum absolute atomic E-state index is 0.123. The van der Waals surface area contributed by atoms with Gasteiger partial charge in [-0.05, 0) is 42.4 Å². The van der Waals surface area contributed by atoms with E-state index in [1.54, 1.807) is 0 Å². The number of fused-ring (bicyclic) bond motifs is 1. The zero-order valence-corrected chi connectivity index (χ0v) is 10.6. The summed E-state index contributed by atoms with van der Waals surface area (Å²) in [5.74, 6) is 0. The molecular formula is C15H22FN. The molecule has 0 saturated heterocycles. The average Bonchev–Trinajstić information content (AvgIpc) is 2.76. The third kappa shape index (κ3) is 2.86. The number of hydrogen-bond donors (Lipinski definition) is 1. The van der Waals surface area contributed by atoms with Gasteiger partial charge in [-0.2, -0.15) is 0 Å². The molecule has 0 bridgehead atoms. The molecule has 1 aliphatic rings. The summed E-state index contributed by atoms with van der Waals surface area (Å²) in [6, 6.07) is 6.42. The summed E-state index contributed by atoms with van der Waals surface area (Å²) >= 11 is 0. The van der Waals surface area contributed by atoms with Gasteiger partial charge in [0.2, 0.25) is 0 Å². The lowest BCUT2D eigenvalue weighted by atomic mass is 9.91. The second-order valence-corrected chi connectivity index (χ2v) is 5.24. The molecule has 1 aromatic rings. The molecule has 2 heteroatoms. The second-order valence-electron chi connectivity index (χ2n) is 5.24. The fourth-order valence-corrected chi connectivity index (χ4v) is 2.81. The lowest BCUT2D eigenvalue weighted by Crippen LogP contribution is -2.35. The zero-order valence-electron chi connectivity index (χ0n) is 10.6. The highest BCUT2D eigenvalue weighted by molar-refractivity contribution is 5.35. The van der Waals surface area contributed by atoms with E-state index in [0.717, 1.165) is 18.4 Å². The Morgan fingerprint density at radius 2 is 2.06 bits per heavy atom. The smallest absolute Gasteiger partial charge is 0.127 e. The van der Waals surface area contributed by atoms with E-state index in [4.69, 9.17) is 5.73 Å². The highest BCUT2D eigenvalue weighted by atomic mass is 19.1. The summed E-state index contributed by atoms with van der Waals surface area (Å²) in [5, 5.41) is 0. The Morgan fingerprint density at radius 3 is 2.76 bits per heavy atom. The minimum atomic E-state index is -1.22. The van der Waals surface area contributed by atoms with Gasteiger partial charge in [-0.3, -0.25) is 0 Å². The van der Waals surface area contributed by atoms with Gasteiger partial charge in [-0.25, -0.2) is 4.39 Å². The lowest BCUT2D eigenvalue weighted by molar-refractivity contribution is 0.158. The van der Waals surface area contributed by atoms with Crippen molar-refractivity contribution < 1.29 is 4.39 Å². The molecule has 0 amide bonds. The highest BCUT2D eigenvalue weighted by Crippen LogP contribution is 2.27. The fraction of sp³-hybridized carbons (Fsp3) is 0.600. The van der Waals surface area contributed by atoms with Gasteiger partial charge >= 0.3 is 0 Å². The number of alkyl halides is 1. The van der Waals surface area contributed by atoms with Crippen LogP contribution in [0, 0.1) is 0 Å². The van der Waals surface area contributed by atoms with Crippen LogP contribution in [0.5, 0.6) is 0 Å². The summed E-state index contributed by atoms with van der Waals surface area (Å²) in [6.45, 7) is 2.13. The van der Waals surface area contributed by atoms with Gasteiger partial charge in [0.15, 0.2) is 0 Å². The Balaban J connectivity index is 2.12. The first-order valence-electron chi connectivity index (χ1n) is 6.66. The molecule has 2 rings (SSSR count). The van der Waals surface area contributed by atoms with Gasteiger partial charge in [0, 0.05) is 13.0 Å². The predicted molar refractivity (Wildman–Crippen MR) is 70.0 cm³/mol. The summed E-state index contributed by atoms with van der Waals surface area (Å²) in [4.78, 5) is 0. The van der Waals surface area contributed by atoms with Crippen molar-refractivity contribution in [1.82, 2.24) is 0 Å². The van der Waals surface area contributed by atoms with E-state index in [1.807, 2.05) is 6.92 Å². The maximum atomic E-state index is 14.4. The molecule has 0 radical (unpaired) electrons. The number of aryl methyl sites for hydroxylation is 2. The highest BCUT2D eigenvalue weighted by Gasteiger charge is 2.27. The van der Waals surface area contributed by atoms with Gasteiger partial charge in [0.25, 0.3) is 0 Å². The maximum Gasteiger partial charge on any atom is 0.127 e. The van der Waals surface area contributed by atoms with Gasteiger partial charge in [-0.1, -0.05) is 31.5 Å². The van der Waals surface area contributed by atoms with Crippen LogP contribution in [0.15, 0.2) is 18.2 Å². The standard InChI is InChI=1S/C15H22FN/c1-2-8-15(16,11-17)10-12-6-7-13-4-3-5-14(13)9-12/h6-7,9H,2-5,8,10-11,17H2,1H3. The summed E-state index contributed by atoms with van der Waals surface area (Å²) < 4.78 is 14.4. The van der Waals surface area contributed by atoms with E-state index in [-0.39, 0.29) is 6.54 Å². The van der Waals surface area contributed by atoms with Crippen molar-refractivity contribution in [1.29, 1.82) is 0 Å². The monoisotopic (exact) mass is 235 g/mol. The number of benzene rings is 1. The van der Waals surface area contributed by atoms with Crippen LogP contribution in [0.2, 0.25) is 0 Å². The minimum Gasteiger partial charge on any atom is -0.328 e. The Morgan fingerprint density at radius 1 is 1.29 bits per heavy atom. The summed E-state index contributed by atoms with van der Waals surface area (Å²) in [5.41, 5.74) is 8.32. The molecule has 2 N–H and O–H groups in total. The van der Waals surface area contributed by atoms with E-state index in [9.17, 15) is 4.39 Å². The Kier molecular flexibility index (Phi) is 3.82. The molecule has 0 saturated carbocycles. The van der Waals surface area contributed by atoms with Crippen LogP contribution < -0.4 is 5.73 Å². The van der Waals surface area contributed by atoms with Crippen molar-refractivity contribution in [3.05, 3.63) is 34.9 Å². The number of halogens is 1. The second kappa shape index (κ2) is 5.18. The molecule has 17 heavy (non-hydrogen) atoms. The van der Waals surface area contributed by atoms with Crippen LogP contribution >= 0.6 is 0 Å². The fourth-order valence-electron chi connectivity index (χ4n) is 2.81. The molecular weight excluding hydrogens is 213 g/mol. The molecule has 1 aromatic carbocycles. The van der Waals surface area contributed by atoms with Crippen molar-refractivity contribution in [3.63, 3.8) is 0 Å². The van der Waals surface area contributed by atoms with Crippen LogP contribution in [0.4, 0.5) is 4.39 Å². The molecule has 0 fully saturated rings. The van der Waals surface area contributed by atoms with E-state index >= 15 is 0 Å². The topological polar surface area (TPSA) is 26.0 Å². The van der Waals surface area contributed by atoms with Crippen molar-refractivity contribution in [2.45, 2.75) is 51.1 Å². The largest absolute Gasteiger partial charge is 0.328 e. The third-order valence-electron chi connectivity index (χ3n) is 3.75. The lowest BCUT2D eigenvalue weighted by Gasteiger charge is -2.23. The van der Waals surface area contributed by atoms with Crippen LogP contribution in [0.1, 0.15) is 42.9 Å². The first-order chi connectivity index (χ1) is 8.17. The predicted octanol–water partition coefficient (Wildman–Crippen LogP) is 3.18. The van der Waals surface area contributed by atoms with Crippen molar-refractivity contribution in [2.24, 2.45) is 5.73 Å². The first-order valence-corrected chi connectivity index (χ1v) is 6.66. The van der Waals surface area contributed by atoms with Crippen LogP contribution in [0.25, 0.3) is 0 Å². The molecule has 1 aliphatic carbocycles. The van der Waals surface area contributed by atoms with Gasteiger partial charge in [0.05, 0.1) is 0 Å². The molecule has 94 valence electrons. The van der Waals surface area contributed by atoms with Crippen molar-refractivity contribution in [3.8, 4) is 0 Å². The van der Waals surface area contributed by atoms with Gasteiger partial charge in [0.1, 0.15) is 5.67 Å². The number of hydrogen-bond acceptors (Lipinski definition) is 1. The van der Waals surface area contributed by atoms with E-state index in [1.165, 1.54) is 24.0 Å². The molecule has 0 aromatic heterocycles. The summed E-state index contributed by atoms with van der Waals surface area (Å²) in [7, 11) is 0. The van der Waals surface area contributed by atoms with Crippen molar-refractivity contribution >= 4 is 0 Å². The molecule has 1 unspecified atom stereocenters. The average molecular weight is 235 g/mol. The van der Waals surface area contributed by atoms with E-state index in [2.05, 4.69) is 18.2 Å². The summed E-state index contributed by atoms with van der Waals surface area (Å²) in [6.07, 6.45) is 5.44. The SMILES string of the molecule is CCCC(F)(CN)Cc1ccc2c(c1)CCC2. The number of nitrogens with two attached hydrogens (primary N) is 1. The molecule has 0 aliphatic heterocycles. The van der Waals surface area contributed by atoms with Crippen LogP contribution in [-0.4, -0.2) is 12.2 Å². The number of rotatable bonds is 5. The van der Waals surface area contributed by atoms with Gasteiger partial charge < -0.3 is 5.73 Å². The van der Waals surface area contributed by atoms with Crippen LogP contribution in [-0.2, 0) is 19.3 Å². The quantitative estimate of drug-likeness (QED) is 0.833. The zero-order chi connectivity index (χ0) is 12.3. The molecule has 1 nitrogen and oxygen atoms in total. The maximum absolute atomic E-state index is 14.4. The third-order valence-corrected chi connectivity index (χ3v) is 3.75. The van der Waals surface area contributed by atoms with E-state index < -0.39 is 5.67 Å². The molecule has 0 spiro atoms. The Bertz CT molecular complexity index is 389. The van der Waals surface area contributed by atoms with Crippen LogP contribution in [0.3, 0.4) is 0 Å². The Hall–Kier alpha value is -0.890. The molecule has 0 heterocycles. The van der Waals surface area contributed by atoms with Gasteiger partial charge in [-0.15, -0.1) is 0 Å². The molecule has 1 atom stereocenters.